The van der Waals surface area contributed by atoms with Crippen molar-refractivity contribution in [2.24, 2.45) is 7.05 Å². The maximum absolute atomic E-state index is 12.0. The molecule has 0 aliphatic heterocycles. The number of carbonyl (C=O) groups excluding carboxylic acids is 1. The van der Waals surface area contributed by atoms with E-state index in [1.54, 1.807) is 29.9 Å². The van der Waals surface area contributed by atoms with Gasteiger partial charge in [-0.3, -0.25) is 9.48 Å². The van der Waals surface area contributed by atoms with Gasteiger partial charge >= 0.3 is 0 Å². The van der Waals surface area contributed by atoms with Crippen LogP contribution >= 0.6 is 0 Å². The molecule has 1 aromatic rings. The van der Waals surface area contributed by atoms with Crippen molar-refractivity contribution in [3.63, 3.8) is 0 Å². The van der Waals surface area contributed by atoms with E-state index in [1.165, 1.54) is 0 Å². The van der Waals surface area contributed by atoms with Crippen molar-refractivity contribution >= 4 is 5.91 Å². The molecule has 5 nitrogen and oxygen atoms in total. The Morgan fingerprint density at radius 1 is 1.69 bits per heavy atom. The third kappa shape index (κ3) is 2.60. The minimum Gasteiger partial charge on any atom is -0.341 e. The van der Waals surface area contributed by atoms with Crippen LogP contribution in [0.4, 0.5) is 0 Å². The van der Waals surface area contributed by atoms with E-state index in [0.29, 0.717) is 18.5 Å². The zero-order valence-corrected chi connectivity index (χ0v) is 9.90. The molecule has 0 atom stereocenters. The van der Waals surface area contributed by atoms with Crippen LogP contribution in [0, 0.1) is 11.3 Å². The molecule has 0 N–H and O–H groups in total. The van der Waals surface area contributed by atoms with Gasteiger partial charge in [0.1, 0.15) is 0 Å². The summed E-state index contributed by atoms with van der Waals surface area (Å²) in [5.74, 6) is -0.0693. The molecule has 0 unspecified atom stereocenters. The lowest BCUT2D eigenvalue weighted by molar-refractivity contribution is 0.0797. The van der Waals surface area contributed by atoms with Crippen molar-refractivity contribution in [1.82, 2.24) is 14.7 Å². The molecule has 0 aromatic carbocycles. The summed E-state index contributed by atoms with van der Waals surface area (Å²) in [6, 6.07) is 2.02. The van der Waals surface area contributed by atoms with Gasteiger partial charge in [-0.2, -0.15) is 10.4 Å². The second-order valence-electron chi connectivity index (χ2n) is 3.65. The number of carbonyl (C=O) groups is 1. The van der Waals surface area contributed by atoms with E-state index < -0.39 is 0 Å². The van der Waals surface area contributed by atoms with Crippen molar-refractivity contribution in [2.45, 2.75) is 19.8 Å². The van der Waals surface area contributed by atoms with Crippen LogP contribution in [-0.4, -0.2) is 34.2 Å². The van der Waals surface area contributed by atoms with Gasteiger partial charge in [0.15, 0.2) is 0 Å². The number of nitrogens with zero attached hydrogens (tertiary/aromatic N) is 4. The first-order valence-corrected chi connectivity index (χ1v) is 5.25. The molecule has 1 amide bonds. The van der Waals surface area contributed by atoms with E-state index >= 15 is 0 Å². The first-order chi connectivity index (χ1) is 7.60. The fourth-order valence-electron chi connectivity index (χ4n) is 1.50. The Hall–Kier alpha value is -1.83. The summed E-state index contributed by atoms with van der Waals surface area (Å²) in [4.78, 5) is 13.6. The molecule has 0 saturated heterocycles. The second kappa shape index (κ2) is 5.31. The minimum absolute atomic E-state index is 0.0693. The lowest BCUT2D eigenvalue weighted by Crippen LogP contribution is -2.28. The molecule has 1 aromatic heterocycles. The van der Waals surface area contributed by atoms with Crippen molar-refractivity contribution in [3.8, 4) is 6.07 Å². The van der Waals surface area contributed by atoms with Gasteiger partial charge in [-0.25, -0.2) is 0 Å². The second-order valence-corrected chi connectivity index (χ2v) is 3.65. The quantitative estimate of drug-likeness (QED) is 0.759. The Kier molecular flexibility index (Phi) is 4.06. The van der Waals surface area contributed by atoms with Crippen molar-refractivity contribution in [3.05, 3.63) is 17.5 Å². The standard InChI is InChI=1S/C11H16N4O/c1-4-10-9(8-15(3)13-10)11(16)14(2)7-5-6-12/h8H,4-5,7H2,1-3H3. The molecule has 0 aliphatic carbocycles. The Bertz CT molecular complexity index is 416. The molecular formula is C11H16N4O. The van der Waals surface area contributed by atoms with Gasteiger partial charge in [-0.05, 0) is 6.42 Å². The number of aromatic nitrogens is 2. The Morgan fingerprint density at radius 3 is 2.94 bits per heavy atom. The number of amides is 1. The van der Waals surface area contributed by atoms with Crippen LogP contribution in [0.2, 0.25) is 0 Å². The lowest BCUT2D eigenvalue weighted by Gasteiger charge is -2.14. The zero-order chi connectivity index (χ0) is 12.1. The van der Waals surface area contributed by atoms with Crippen molar-refractivity contribution in [2.75, 3.05) is 13.6 Å². The topological polar surface area (TPSA) is 61.9 Å². The van der Waals surface area contributed by atoms with Gasteiger partial charge < -0.3 is 4.90 Å². The van der Waals surface area contributed by atoms with Crippen LogP contribution < -0.4 is 0 Å². The summed E-state index contributed by atoms with van der Waals surface area (Å²) in [5, 5.41) is 12.7. The van der Waals surface area contributed by atoms with Crippen LogP contribution in [0.5, 0.6) is 0 Å². The largest absolute Gasteiger partial charge is 0.341 e. The van der Waals surface area contributed by atoms with E-state index in [4.69, 9.17) is 5.26 Å². The molecule has 0 aliphatic rings. The monoisotopic (exact) mass is 220 g/mol. The average Bonchev–Trinajstić information content (AvgIpc) is 2.66. The predicted molar refractivity (Wildman–Crippen MR) is 59.8 cm³/mol. The van der Waals surface area contributed by atoms with E-state index in [-0.39, 0.29) is 5.91 Å². The molecule has 5 heteroatoms. The lowest BCUT2D eigenvalue weighted by atomic mass is 10.2. The maximum atomic E-state index is 12.0. The number of aryl methyl sites for hydroxylation is 2. The summed E-state index contributed by atoms with van der Waals surface area (Å²) >= 11 is 0. The summed E-state index contributed by atoms with van der Waals surface area (Å²) in [7, 11) is 3.50. The number of rotatable bonds is 4. The third-order valence-electron chi connectivity index (χ3n) is 2.38. The Labute approximate surface area is 95.3 Å². The van der Waals surface area contributed by atoms with Crippen molar-refractivity contribution in [1.29, 1.82) is 5.26 Å². The van der Waals surface area contributed by atoms with E-state index in [2.05, 4.69) is 5.10 Å². The SMILES string of the molecule is CCc1nn(C)cc1C(=O)N(C)CCC#N. The van der Waals surface area contributed by atoms with Crippen LogP contribution in [-0.2, 0) is 13.5 Å². The Balaban J connectivity index is 2.83. The molecule has 0 fully saturated rings. The molecule has 1 rings (SSSR count). The molecule has 0 radical (unpaired) electrons. The van der Waals surface area contributed by atoms with Crippen LogP contribution in [0.1, 0.15) is 29.4 Å². The highest BCUT2D eigenvalue weighted by molar-refractivity contribution is 5.94. The molecule has 86 valence electrons. The highest BCUT2D eigenvalue weighted by atomic mass is 16.2. The molecule has 1 heterocycles. The van der Waals surface area contributed by atoms with Gasteiger partial charge in [0.05, 0.1) is 23.7 Å². The molecule has 0 bridgehead atoms. The number of nitriles is 1. The van der Waals surface area contributed by atoms with Gasteiger partial charge in [0.2, 0.25) is 0 Å². The van der Waals surface area contributed by atoms with Crippen LogP contribution in [0.25, 0.3) is 0 Å². The predicted octanol–water partition coefficient (Wildman–Crippen LogP) is 0.968. The molecule has 16 heavy (non-hydrogen) atoms. The van der Waals surface area contributed by atoms with Crippen LogP contribution in [0.3, 0.4) is 0 Å². The van der Waals surface area contributed by atoms with Gasteiger partial charge in [-0.1, -0.05) is 6.92 Å². The van der Waals surface area contributed by atoms with Gasteiger partial charge in [0, 0.05) is 26.8 Å². The average molecular weight is 220 g/mol. The fourth-order valence-corrected chi connectivity index (χ4v) is 1.50. The summed E-state index contributed by atoms with van der Waals surface area (Å²) in [6.07, 6.45) is 2.81. The third-order valence-corrected chi connectivity index (χ3v) is 2.38. The summed E-state index contributed by atoms with van der Waals surface area (Å²) in [5.41, 5.74) is 1.43. The fraction of sp³-hybridized carbons (Fsp3) is 0.545. The smallest absolute Gasteiger partial charge is 0.257 e. The van der Waals surface area contributed by atoms with Crippen molar-refractivity contribution < 1.29 is 4.79 Å². The van der Waals surface area contributed by atoms with Crippen LogP contribution in [0.15, 0.2) is 6.20 Å². The highest BCUT2D eigenvalue weighted by Crippen LogP contribution is 2.10. The van der Waals surface area contributed by atoms with Gasteiger partial charge in [-0.15, -0.1) is 0 Å². The van der Waals surface area contributed by atoms with Gasteiger partial charge in [0.25, 0.3) is 5.91 Å². The van der Waals surface area contributed by atoms with E-state index in [9.17, 15) is 4.79 Å². The van der Waals surface area contributed by atoms with E-state index in [0.717, 1.165) is 12.1 Å². The summed E-state index contributed by atoms with van der Waals surface area (Å²) < 4.78 is 1.64. The number of hydrogen-bond acceptors (Lipinski definition) is 3. The van der Waals surface area contributed by atoms with E-state index in [1.807, 2.05) is 13.0 Å². The maximum Gasteiger partial charge on any atom is 0.257 e. The summed E-state index contributed by atoms with van der Waals surface area (Å²) in [6.45, 7) is 2.42. The molecular weight excluding hydrogens is 204 g/mol. The molecule has 0 saturated carbocycles. The highest BCUT2D eigenvalue weighted by Gasteiger charge is 2.17. The first kappa shape index (κ1) is 12.2. The molecule has 0 spiro atoms. The minimum atomic E-state index is -0.0693. The Morgan fingerprint density at radius 2 is 2.38 bits per heavy atom. The first-order valence-electron chi connectivity index (χ1n) is 5.25. The number of hydrogen-bond donors (Lipinski definition) is 0. The normalized spacial score (nSPS) is 9.88. The zero-order valence-electron chi connectivity index (χ0n) is 9.90.